The first-order chi connectivity index (χ1) is 7.60. The highest BCUT2D eigenvalue weighted by Crippen LogP contribution is 1.95. The van der Waals surface area contributed by atoms with E-state index in [1.54, 1.807) is 6.29 Å². The van der Waals surface area contributed by atoms with E-state index in [-0.39, 0.29) is 11.9 Å². The van der Waals surface area contributed by atoms with Gasteiger partial charge in [-0.25, -0.2) is 0 Å². The maximum atomic E-state index is 11.2. The lowest BCUT2D eigenvalue weighted by atomic mass is 10.1. The molecule has 0 aliphatic rings. The Hall–Kier alpha value is -1.59. The van der Waals surface area contributed by atoms with Crippen molar-refractivity contribution in [1.29, 1.82) is 5.41 Å². The Bertz CT molecular complexity index is 243. The summed E-state index contributed by atoms with van der Waals surface area (Å²) in [5, 5.41) is 12.1. The summed E-state index contributed by atoms with van der Waals surface area (Å²) in [4.78, 5) is 21.7. The molecule has 0 saturated heterocycles. The van der Waals surface area contributed by atoms with Crippen molar-refractivity contribution in [3.8, 4) is 0 Å². The molecule has 1 amide bonds. The molecule has 6 heteroatoms. The van der Waals surface area contributed by atoms with Gasteiger partial charge in [-0.3, -0.25) is 15.0 Å². The predicted octanol–water partition coefficient (Wildman–Crippen LogP) is -0.356. The van der Waals surface area contributed by atoms with E-state index in [4.69, 9.17) is 11.1 Å². The molecule has 1 radical (unpaired) electrons. The Labute approximate surface area is 95.5 Å². The number of carbonyl (C=O) groups excluding carboxylic acids is 2. The van der Waals surface area contributed by atoms with Gasteiger partial charge >= 0.3 is 0 Å². The fraction of sp³-hybridized carbons (Fsp3) is 0.700. The lowest BCUT2D eigenvalue weighted by Crippen LogP contribution is -2.37. The van der Waals surface area contributed by atoms with E-state index in [1.807, 2.05) is 6.92 Å². The van der Waals surface area contributed by atoms with E-state index in [0.717, 1.165) is 6.42 Å². The Balaban J connectivity index is 3.70. The lowest BCUT2D eigenvalue weighted by Gasteiger charge is -2.11. The van der Waals surface area contributed by atoms with Crippen LogP contribution in [-0.4, -0.2) is 30.7 Å². The second-order valence-corrected chi connectivity index (χ2v) is 3.47. The minimum atomic E-state index is -0.562. The van der Waals surface area contributed by atoms with Gasteiger partial charge in [0.05, 0.1) is 6.04 Å². The molecule has 0 aliphatic carbocycles. The number of hydrogen-bond acceptors (Lipinski definition) is 3. The molecule has 91 valence electrons. The third-order valence-corrected chi connectivity index (χ3v) is 1.94. The van der Waals surface area contributed by atoms with Gasteiger partial charge in [-0.15, -0.1) is 0 Å². The predicted molar refractivity (Wildman–Crippen MR) is 61.7 cm³/mol. The fourth-order valence-electron chi connectivity index (χ4n) is 1.18. The van der Waals surface area contributed by atoms with Gasteiger partial charge in [-0.1, -0.05) is 6.92 Å². The number of hydrogen-bond donors (Lipinski definition) is 4. The van der Waals surface area contributed by atoms with Crippen molar-refractivity contribution < 1.29 is 9.59 Å². The molecule has 0 bridgehead atoms. The van der Waals surface area contributed by atoms with Gasteiger partial charge in [0.25, 0.3) is 0 Å². The molecule has 16 heavy (non-hydrogen) atoms. The molecule has 0 aliphatic heterocycles. The summed E-state index contributed by atoms with van der Waals surface area (Å²) in [5.74, 6) is -0.225. The summed E-state index contributed by atoms with van der Waals surface area (Å²) in [6, 6.07) is -0.562. The topological polar surface area (TPSA) is 108 Å². The highest BCUT2D eigenvalue weighted by Gasteiger charge is 2.10. The summed E-state index contributed by atoms with van der Waals surface area (Å²) >= 11 is 0. The number of nitrogens with one attached hydrogen (secondary N) is 3. The van der Waals surface area contributed by atoms with Gasteiger partial charge in [-0.05, 0) is 19.3 Å². The molecule has 0 fully saturated rings. The van der Waals surface area contributed by atoms with Crippen LogP contribution in [0.15, 0.2) is 0 Å². The molecular weight excluding hydrogens is 208 g/mol. The van der Waals surface area contributed by atoms with Crippen molar-refractivity contribution in [2.75, 3.05) is 6.54 Å². The molecule has 1 atom stereocenters. The molecule has 5 N–H and O–H groups in total. The summed E-state index contributed by atoms with van der Waals surface area (Å²) in [5.41, 5.74) is 5.09. The van der Waals surface area contributed by atoms with Crippen LogP contribution in [-0.2, 0) is 9.59 Å². The van der Waals surface area contributed by atoms with Crippen molar-refractivity contribution in [3.63, 3.8) is 0 Å². The van der Waals surface area contributed by atoms with Crippen LogP contribution in [0, 0.1) is 5.41 Å². The van der Waals surface area contributed by atoms with E-state index < -0.39 is 6.04 Å². The van der Waals surface area contributed by atoms with Crippen LogP contribution in [0.3, 0.4) is 0 Å². The van der Waals surface area contributed by atoms with Crippen molar-refractivity contribution in [2.24, 2.45) is 5.73 Å². The average molecular weight is 227 g/mol. The van der Waals surface area contributed by atoms with Gasteiger partial charge in [0.15, 0.2) is 5.96 Å². The molecule has 0 saturated carbocycles. The quantitative estimate of drug-likeness (QED) is 0.258. The maximum absolute atomic E-state index is 11.2. The molecule has 0 aromatic rings. The molecule has 0 aromatic heterocycles. The van der Waals surface area contributed by atoms with Gasteiger partial charge in [-0.2, -0.15) is 0 Å². The van der Waals surface area contributed by atoms with Gasteiger partial charge in [0, 0.05) is 13.0 Å². The minimum absolute atomic E-state index is 0.0957. The van der Waals surface area contributed by atoms with Crippen LogP contribution in [0.25, 0.3) is 0 Å². The zero-order valence-corrected chi connectivity index (χ0v) is 9.51. The smallest absolute Gasteiger partial charge is 0.222 e. The first-order valence-corrected chi connectivity index (χ1v) is 5.35. The molecule has 0 heterocycles. The Kier molecular flexibility index (Phi) is 7.83. The second kappa shape index (κ2) is 8.70. The largest absolute Gasteiger partial charge is 0.370 e. The summed E-state index contributed by atoms with van der Waals surface area (Å²) in [7, 11) is 0. The van der Waals surface area contributed by atoms with Crippen LogP contribution < -0.4 is 16.4 Å². The number of guanidine groups is 1. The zero-order valence-electron chi connectivity index (χ0n) is 9.51. The summed E-state index contributed by atoms with van der Waals surface area (Å²) < 4.78 is 0. The number of nitrogens with two attached hydrogens (primary N) is 1. The summed E-state index contributed by atoms with van der Waals surface area (Å²) in [6.07, 6.45) is 4.10. The number of rotatable bonds is 8. The van der Waals surface area contributed by atoms with Crippen molar-refractivity contribution in [3.05, 3.63) is 0 Å². The Morgan fingerprint density at radius 1 is 1.56 bits per heavy atom. The minimum Gasteiger partial charge on any atom is -0.370 e. The Morgan fingerprint density at radius 3 is 2.75 bits per heavy atom. The van der Waals surface area contributed by atoms with Crippen molar-refractivity contribution in [1.82, 2.24) is 10.6 Å². The Morgan fingerprint density at radius 2 is 2.25 bits per heavy atom. The molecule has 6 nitrogen and oxygen atoms in total. The number of carbonyl (C=O) groups is 1. The molecule has 0 rings (SSSR count). The SMILES string of the molecule is CCCC(=O)N[C@@H]([C]=O)CCCNC(=N)N. The first kappa shape index (κ1) is 14.4. The third kappa shape index (κ3) is 7.78. The zero-order chi connectivity index (χ0) is 12.4. The van der Waals surface area contributed by atoms with Crippen molar-refractivity contribution in [2.45, 2.75) is 38.6 Å². The van der Waals surface area contributed by atoms with Gasteiger partial charge < -0.3 is 16.4 Å². The van der Waals surface area contributed by atoms with Crippen LogP contribution in [0.4, 0.5) is 0 Å². The first-order valence-electron chi connectivity index (χ1n) is 5.35. The van der Waals surface area contributed by atoms with E-state index in [2.05, 4.69) is 10.6 Å². The van der Waals surface area contributed by atoms with Gasteiger partial charge in [0.2, 0.25) is 12.2 Å². The second-order valence-electron chi connectivity index (χ2n) is 3.47. The van der Waals surface area contributed by atoms with E-state index in [1.165, 1.54) is 0 Å². The molecule has 0 spiro atoms. The maximum Gasteiger partial charge on any atom is 0.222 e. The van der Waals surface area contributed by atoms with Crippen LogP contribution in [0.2, 0.25) is 0 Å². The monoisotopic (exact) mass is 227 g/mol. The normalized spacial score (nSPS) is 11.6. The standard InChI is InChI=1S/C10H19N4O2/c1-2-4-9(16)14-8(7-15)5-3-6-13-10(11)12/h8H,2-6H2,1H3,(H,14,16)(H4,11,12,13)/t8-/m1/s1. The highest BCUT2D eigenvalue weighted by molar-refractivity contribution is 5.79. The lowest BCUT2D eigenvalue weighted by molar-refractivity contribution is -0.121. The number of amides is 1. The van der Waals surface area contributed by atoms with E-state index in [0.29, 0.717) is 25.8 Å². The van der Waals surface area contributed by atoms with E-state index >= 15 is 0 Å². The molecule has 0 unspecified atom stereocenters. The van der Waals surface area contributed by atoms with Crippen LogP contribution in [0.1, 0.15) is 32.6 Å². The average Bonchev–Trinajstić information content (AvgIpc) is 2.22. The van der Waals surface area contributed by atoms with Gasteiger partial charge in [0.1, 0.15) is 0 Å². The van der Waals surface area contributed by atoms with E-state index in [9.17, 15) is 9.59 Å². The van der Waals surface area contributed by atoms with Crippen molar-refractivity contribution >= 4 is 18.2 Å². The fourth-order valence-corrected chi connectivity index (χ4v) is 1.18. The molecule has 0 aromatic carbocycles. The summed E-state index contributed by atoms with van der Waals surface area (Å²) in [6.45, 7) is 2.41. The highest BCUT2D eigenvalue weighted by atomic mass is 16.2. The third-order valence-electron chi connectivity index (χ3n) is 1.94. The van der Waals surface area contributed by atoms with Crippen LogP contribution in [0.5, 0.6) is 0 Å². The van der Waals surface area contributed by atoms with Crippen LogP contribution >= 0.6 is 0 Å². The molecular formula is C10H19N4O2.